The number of methoxy groups -OCH3 is 2. The van der Waals surface area contributed by atoms with Gasteiger partial charge in [0.15, 0.2) is 5.60 Å². The molecule has 1 heterocycles. The summed E-state index contributed by atoms with van der Waals surface area (Å²) in [4.78, 5) is 48.8. The number of aromatic nitrogens is 1. The lowest BCUT2D eigenvalue weighted by Crippen LogP contribution is -2.51. The first-order valence-electron chi connectivity index (χ1n) is 10.0. The van der Waals surface area contributed by atoms with Crippen LogP contribution in [0.4, 0.5) is 17.1 Å². The summed E-state index contributed by atoms with van der Waals surface area (Å²) in [5.41, 5.74) is -2.98. The van der Waals surface area contributed by atoms with E-state index in [1.54, 1.807) is 0 Å². The van der Waals surface area contributed by atoms with E-state index in [9.17, 15) is 35.1 Å². The normalized spacial score (nSPS) is 11.8. The summed E-state index contributed by atoms with van der Waals surface area (Å²) in [7, 11) is 2.24. The van der Waals surface area contributed by atoms with E-state index in [1.165, 1.54) is 43.5 Å². The molecule has 0 bridgehead atoms. The van der Waals surface area contributed by atoms with Crippen molar-refractivity contribution in [2.24, 2.45) is 0 Å². The minimum Gasteiger partial charge on any atom is -0.466 e. The molecule has 1 aromatic heterocycles. The van der Waals surface area contributed by atoms with Crippen molar-refractivity contribution in [1.29, 1.82) is 0 Å². The first kappa shape index (κ1) is 25.6. The first-order valence-corrected chi connectivity index (χ1v) is 10.0. The maximum absolute atomic E-state index is 13.1. The van der Waals surface area contributed by atoms with Gasteiger partial charge in [-0.3, -0.25) is 30.3 Å². The van der Waals surface area contributed by atoms with Gasteiger partial charge in [-0.05, 0) is 11.1 Å². The Balaban J connectivity index is 2.30. The van der Waals surface area contributed by atoms with E-state index in [0.29, 0.717) is 0 Å². The summed E-state index contributed by atoms with van der Waals surface area (Å²) < 4.78 is 16.5. The third kappa shape index (κ3) is 4.92. The highest BCUT2D eigenvalue weighted by molar-refractivity contribution is 5.78. The molecule has 14 heteroatoms. The molecular weight excluding hydrogens is 480 g/mol. The molecule has 0 N–H and O–H groups in total. The average molecular weight is 498 g/mol. The summed E-state index contributed by atoms with van der Waals surface area (Å²) in [6.07, 6.45) is -0.857. The smallest absolute Gasteiger partial charge is 0.350 e. The molecular formula is C22H18N4O10. The van der Waals surface area contributed by atoms with Crippen molar-refractivity contribution < 1.29 is 33.8 Å². The van der Waals surface area contributed by atoms with Crippen molar-refractivity contribution in [3.8, 4) is 5.88 Å². The van der Waals surface area contributed by atoms with Gasteiger partial charge in [-0.15, -0.1) is 0 Å². The fourth-order valence-corrected chi connectivity index (χ4v) is 3.59. The van der Waals surface area contributed by atoms with Gasteiger partial charge in [0.05, 0.1) is 21.9 Å². The molecule has 0 aliphatic carbocycles. The number of ether oxygens (including phenoxy) is 3. The van der Waals surface area contributed by atoms with E-state index < -0.39 is 32.4 Å². The average Bonchev–Trinajstić information content (AvgIpc) is 2.89. The van der Waals surface area contributed by atoms with Crippen LogP contribution < -0.4 is 4.74 Å². The van der Waals surface area contributed by atoms with E-state index in [4.69, 9.17) is 14.2 Å². The van der Waals surface area contributed by atoms with Crippen LogP contribution in [0.5, 0.6) is 5.88 Å². The fraction of sp³-hybridized carbons (Fsp3) is 0.182. The number of benzene rings is 2. The number of hydrogen-bond donors (Lipinski definition) is 0. The predicted molar refractivity (Wildman–Crippen MR) is 121 cm³/mol. The molecule has 3 aromatic rings. The van der Waals surface area contributed by atoms with E-state index in [-0.39, 0.29) is 34.1 Å². The summed E-state index contributed by atoms with van der Waals surface area (Å²) in [6.45, 7) is 0. The van der Waals surface area contributed by atoms with Gasteiger partial charge in [0.25, 0.3) is 17.1 Å². The number of nitro groups is 3. The van der Waals surface area contributed by atoms with Crippen LogP contribution in [0.3, 0.4) is 0 Å². The lowest BCUT2D eigenvalue weighted by molar-refractivity contribution is -0.385. The zero-order chi connectivity index (χ0) is 26.5. The largest absolute Gasteiger partial charge is 0.466 e. The maximum atomic E-state index is 13.1. The molecule has 14 nitrogen and oxygen atoms in total. The number of non-ortho nitro benzene ring substituents is 2. The monoisotopic (exact) mass is 498 g/mol. The van der Waals surface area contributed by atoms with Crippen LogP contribution in [-0.2, 0) is 19.9 Å². The zero-order valence-corrected chi connectivity index (χ0v) is 18.8. The van der Waals surface area contributed by atoms with E-state index in [0.717, 1.165) is 37.6 Å². The van der Waals surface area contributed by atoms with Gasteiger partial charge in [0, 0.05) is 43.5 Å². The Bertz CT molecular complexity index is 1250. The number of pyridine rings is 1. The van der Waals surface area contributed by atoms with Gasteiger partial charge in [0.1, 0.15) is 6.20 Å². The van der Waals surface area contributed by atoms with E-state index in [1.807, 2.05) is 0 Å². The number of hydrogen-bond acceptors (Lipinski definition) is 11. The second-order valence-corrected chi connectivity index (χ2v) is 7.19. The van der Waals surface area contributed by atoms with Crippen LogP contribution in [0.2, 0.25) is 0 Å². The first-order chi connectivity index (χ1) is 17.1. The number of carbonyl (C=O) groups is 1. The Hall–Kier alpha value is -4.98. The molecule has 0 radical (unpaired) electrons. The number of rotatable bonds is 10. The Morgan fingerprint density at radius 2 is 1.36 bits per heavy atom. The second kappa shape index (κ2) is 10.5. The van der Waals surface area contributed by atoms with Crippen molar-refractivity contribution >= 4 is 23.0 Å². The number of nitro benzene ring substituents is 2. The summed E-state index contributed by atoms with van der Waals surface area (Å²) >= 11 is 0. The molecule has 1 unspecified atom stereocenters. The van der Waals surface area contributed by atoms with Gasteiger partial charge in [-0.2, -0.15) is 0 Å². The molecule has 0 saturated carbocycles. The highest BCUT2D eigenvalue weighted by Crippen LogP contribution is 2.41. The number of esters is 1. The molecule has 186 valence electrons. The van der Waals surface area contributed by atoms with Crippen LogP contribution in [0.25, 0.3) is 0 Å². The van der Waals surface area contributed by atoms with Crippen LogP contribution >= 0.6 is 0 Å². The highest BCUT2D eigenvalue weighted by atomic mass is 16.6. The van der Waals surface area contributed by atoms with Crippen molar-refractivity contribution in [2.45, 2.75) is 11.7 Å². The lowest BCUT2D eigenvalue weighted by Gasteiger charge is -2.38. The molecule has 1 atom stereocenters. The molecule has 2 aromatic carbocycles. The summed E-state index contributed by atoms with van der Waals surface area (Å²) in [5.74, 6) is -1.26. The molecule has 0 amide bonds. The number of carbonyl (C=O) groups excluding carboxylic acids is 1. The zero-order valence-electron chi connectivity index (χ0n) is 18.8. The van der Waals surface area contributed by atoms with Crippen LogP contribution in [-0.4, -0.2) is 46.0 Å². The summed E-state index contributed by atoms with van der Waals surface area (Å²) in [5, 5.41) is 33.9. The van der Waals surface area contributed by atoms with Crippen molar-refractivity contribution in [2.75, 3.05) is 14.2 Å². The Morgan fingerprint density at radius 3 is 1.75 bits per heavy atom. The topological polar surface area (TPSA) is 187 Å². The molecule has 0 aliphatic heterocycles. The van der Waals surface area contributed by atoms with Gasteiger partial charge in [0.2, 0.25) is 12.0 Å². The van der Waals surface area contributed by atoms with Gasteiger partial charge in [-0.1, -0.05) is 24.3 Å². The molecule has 0 spiro atoms. The molecule has 3 rings (SSSR count). The second-order valence-electron chi connectivity index (χ2n) is 7.19. The van der Waals surface area contributed by atoms with E-state index >= 15 is 0 Å². The van der Waals surface area contributed by atoms with Crippen molar-refractivity contribution in [1.82, 2.24) is 4.98 Å². The van der Waals surface area contributed by atoms with Gasteiger partial charge in [-0.25, -0.2) is 9.78 Å². The van der Waals surface area contributed by atoms with Crippen molar-refractivity contribution in [3.05, 3.63) is 108 Å². The SMILES string of the molecule is COC(=O)C(Oc1ccc([N+](=O)[O-])cn1)C(OC)(c1cccc([N+](=O)[O-])c1)c1cccc([N+](=O)[O-])c1. The molecule has 0 aliphatic rings. The van der Waals surface area contributed by atoms with Crippen LogP contribution in [0, 0.1) is 30.3 Å². The van der Waals surface area contributed by atoms with Gasteiger partial charge < -0.3 is 14.2 Å². The van der Waals surface area contributed by atoms with E-state index in [2.05, 4.69) is 4.98 Å². The third-order valence-corrected chi connectivity index (χ3v) is 5.25. The minimum absolute atomic E-state index is 0.0389. The fourth-order valence-electron chi connectivity index (χ4n) is 3.59. The predicted octanol–water partition coefficient (Wildman–Crippen LogP) is 3.32. The summed E-state index contributed by atoms with van der Waals surface area (Å²) in [6, 6.07) is 12.4. The maximum Gasteiger partial charge on any atom is 0.350 e. The van der Waals surface area contributed by atoms with Crippen LogP contribution in [0.1, 0.15) is 11.1 Å². The van der Waals surface area contributed by atoms with Crippen molar-refractivity contribution in [3.63, 3.8) is 0 Å². The van der Waals surface area contributed by atoms with Crippen LogP contribution in [0.15, 0.2) is 66.9 Å². The minimum atomic E-state index is -2.02. The Labute approximate surface area is 202 Å². The Morgan fingerprint density at radius 1 is 0.833 bits per heavy atom. The third-order valence-electron chi connectivity index (χ3n) is 5.25. The standard InChI is InChI=1S/C22H18N4O10/c1-34-21(27)20(36-19-10-9-18(13-23-19)26(32)33)22(35-2,14-5-3-7-16(11-14)24(28)29)15-6-4-8-17(12-15)25(30)31/h3-13,20H,1-2H3. The molecule has 0 fully saturated rings. The number of nitrogens with zero attached hydrogens (tertiary/aromatic N) is 4. The highest BCUT2D eigenvalue weighted by Gasteiger charge is 2.51. The Kier molecular flexibility index (Phi) is 7.49. The molecule has 0 saturated heterocycles. The lowest BCUT2D eigenvalue weighted by atomic mass is 9.80. The van der Waals surface area contributed by atoms with Gasteiger partial charge >= 0.3 is 5.97 Å². The quantitative estimate of drug-likeness (QED) is 0.226. The molecule has 36 heavy (non-hydrogen) atoms.